The number of anilines is 1. The van der Waals surface area contributed by atoms with Gasteiger partial charge in [0.1, 0.15) is 11.3 Å². The van der Waals surface area contributed by atoms with Gasteiger partial charge < -0.3 is 24.8 Å². The van der Waals surface area contributed by atoms with Crippen LogP contribution in [0.2, 0.25) is 0 Å². The van der Waals surface area contributed by atoms with Crippen molar-refractivity contribution in [1.82, 2.24) is 5.32 Å². The van der Waals surface area contributed by atoms with Crippen molar-refractivity contribution in [2.75, 3.05) is 31.7 Å². The fraction of sp³-hybridized carbons (Fsp3) is 0.500. The van der Waals surface area contributed by atoms with Crippen molar-refractivity contribution in [3.8, 4) is 5.75 Å². The molecule has 1 saturated heterocycles. The molecule has 0 saturated carbocycles. The number of rotatable bonds is 3. The summed E-state index contributed by atoms with van der Waals surface area (Å²) in [6, 6.07) is 7.46. The van der Waals surface area contributed by atoms with E-state index in [0.717, 1.165) is 5.69 Å². The lowest BCUT2D eigenvalue weighted by Gasteiger charge is -2.37. The molecule has 1 amide bonds. The third kappa shape index (κ3) is 2.96. The van der Waals surface area contributed by atoms with E-state index >= 15 is 0 Å². The SMILES string of the molecule is CN1CC(C(=O)NC2(C(=O)O)CCOCC2)Oc2ccccc21. The summed E-state index contributed by atoms with van der Waals surface area (Å²) in [5.74, 6) is -0.813. The lowest BCUT2D eigenvalue weighted by atomic mass is 9.89. The van der Waals surface area contributed by atoms with Crippen LogP contribution in [0.3, 0.4) is 0 Å². The van der Waals surface area contributed by atoms with Gasteiger partial charge in [0.15, 0.2) is 6.10 Å². The van der Waals surface area contributed by atoms with Gasteiger partial charge in [0, 0.05) is 33.1 Å². The minimum Gasteiger partial charge on any atom is -0.480 e. The molecule has 0 spiro atoms. The number of hydrogen-bond acceptors (Lipinski definition) is 5. The van der Waals surface area contributed by atoms with Crippen LogP contribution in [0, 0.1) is 0 Å². The van der Waals surface area contributed by atoms with Crippen LogP contribution < -0.4 is 15.0 Å². The average Bonchev–Trinajstić information content (AvgIpc) is 2.55. The van der Waals surface area contributed by atoms with Gasteiger partial charge in [-0.15, -0.1) is 0 Å². The highest BCUT2D eigenvalue weighted by Crippen LogP contribution is 2.32. The summed E-state index contributed by atoms with van der Waals surface area (Å²) in [5, 5.41) is 12.2. The normalized spacial score (nSPS) is 22.7. The number of carbonyl (C=O) groups is 2. The third-order valence-corrected chi connectivity index (χ3v) is 4.40. The van der Waals surface area contributed by atoms with Crippen molar-refractivity contribution in [2.45, 2.75) is 24.5 Å². The van der Waals surface area contributed by atoms with Gasteiger partial charge >= 0.3 is 5.97 Å². The van der Waals surface area contributed by atoms with Crippen molar-refractivity contribution >= 4 is 17.6 Å². The van der Waals surface area contributed by atoms with Gasteiger partial charge in [-0.05, 0) is 12.1 Å². The molecule has 1 aromatic rings. The Bertz CT molecular complexity index is 612. The second kappa shape index (κ2) is 6.08. The summed E-state index contributed by atoms with van der Waals surface area (Å²) in [6.07, 6.45) is -0.227. The maximum atomic E-state index is 12.6. The Hall–Kier alpha value is -2.28. The molecule has 1 fully saturated rings. The summed E-state index contributed by atoms with van der Waals surface area (Å²) in [5.41, 5.74) is -0.357. The highest BCUT2D eigenvalue weighted by atomic mass is 16.5. The molecule has 2 N–H and O–H groups in total. The number of aliphatic carboxylic acids is 1. The van der Waals surface area contributed by atoms with Gasteiger partial charge in [-0.2, -0.15) is 0 Å². The average molecular weight is 320 g/mol. The molecule has 0 radical (unpaired) electrons. The van der Waals surface area contributed by atoms with E-state index in [9.17, 15) is 14.7 Å². The van der Waals surface area contributed by atoms with E-state index in [1.165, 1.54) is 0 Å². The van der Waals surface area contributed by atoms with Crippen LogP contribution in [0.25, 0.3) is 0 Å². The van der Waals surface area contributed by atoms with Crippen molar-refractivity contribution in [2.24, 2.45) is 0 Å². The molecule has 2 aliphatic rings. The quantitative estimate of drug-likeness (QED) is 0.849. The van der Waals surface area contributed by atoms with Gasteiger partial charge in [-0.25, -0.2) is 4.79 Å². The number of nitrogens with zero attached hydrogens (tertiary/aromatic N) is 1. The van der Waals surface area contributed by atoms with E-state index < -0.39 is 23.5 Å². The van der Waals surface area contributed by atoms with Gasteiger partial charge in [0.05, 0.1) is 12.2 Å². The molecule has 1 atom stereocenters. The molecular formula is C16H20N2O5. The molecule has 2 aliphatic heterocycles. The number of fused-ring (bicyclic) bond motifs is 1. The molecule has 1 aromatic carbocycles. The van der Waals surface area contributed by atoms with E-state index in [0.29, 0.717) is 25.5 Å². The van der Waals surface area contributed by atoms with Gasteiger partial charge in [-0.3, -0.25) is 4.79 Å². The largest absolute Gasteiger partial charge is 0.480 e. The molecule has 23 heavy (non-hydrogen) atoms. The number of nitrogens with one attached hydrogen (secondary N) is 1. The van der Waals surface area contributed by atoms with Crippen LogP contribution in [-0.2, 0) is 14.3 Å². The van der Waals surface area contributed by atoms with Crippen molar-refractivity contribution in [1.29, 1.82) is 0 Å². The Morgan fingerprint density at radius 3 is 2.70 bits per heavy atom. The lowest BCUT2D eigenvalue weighted by Crippen LogP contribution is -2.61. The minimum atomic E-state index is -1.27. The molecule has 0 bridgehead atoms. The zero-order valence-electron chi connectivity index (χ0n) is 12.9. The minimum absolute atomic E-state index is 0.257. The zero-order chi connectivity index (χ0) is 16.4. The van der Waals surface area contributed by atoms with Gasteiger partial charge in [0.2, 0.25) is 0 Å². The van der Waals surface area contributed by atoms with Gasteiger partial charge in [-0.1, -0.05) is 12.1 Å². The van der Waals surface area contributed by atoms with E-state index in [2.05, 4.69) is 5.32 Å². The number of amides is 1. The molecular weight excluding hydrogens is 300 g/mol. The molecule has 124 valence electrons. The fourth-order valence-electron chi connectivity index (χ4n) is 2.97. The number of carbonyl (C=O) groups excluding carboxylic acids is 1. The summed E-state index contributed by atoms with van der Waals surface area (Å²) >= 11 is 0. The summed E-state index contributed by atoms with van der Waals surface area (Å²) in [7, 11) is 1.88. The van der Waals surface area contributed by atoms with Crippen LogP contribution in [-0.4, -0.2) is 55.4 Å². The second-order valence-corrected chi connectivity index (χ2v) is 5.94. The fourth-order valence-corrected chi connectivity index (χ4v) is 2.97. The van der Waals surface area contributed by atoms with E-state index in [-0.39, 0.29) is 12.8 Å². The number of likely N-dealkylation sites (N-methyl/N-ethyl adjacent to an activating group) is 1. The highest BCUT2D eigenvalue weighted by Gasteiger charge is 2.43. The standard InChI is InChI=1S/C16H20N2O5/c1-18-10-13(23-12-5-3-2-4-11(12)18)14(19)17-16(15(20)21)6-8-22-9-7-16/h2-5,13H,6-10H2,1H3,(H,17,19)(H,20,21). The number of benzene rings is 1. The zero-order valence-corrected chi connectivity index (χ0v) is 12.9. The lowest BCUT2D eigenvalue weighted by molar-refractivity contribution is -0.153. The van der Waals surface area contributed by atoms with Gasteiger partial charge in [0.25, 0.3) is 5.91 Å². The smallest absolute Gasteiger partial charge is 0.329 e. The van der Waals surface area contributed by atoms with E-state index in [4.69, 9.17) is 9.47 Å². The molecule has 1 unspecified atom stereocenters. The summed E-state index contributed by atoms with van der Waals surface area (Å²) in [6.45, 7) is 1.01. The first-order valence-corrected chi connectivity index (χ1v) is 7.62. The monoisotopic (exact) mass is 320 g/mol. The Balaban J connectivity index is 1.75. The Labute approximate surface area is 134 Å². The highest BCUT2D eigenvalue weighted by molar-refractivity contribution is 5.90. The Morgan fingerprint density at radius 1 is 1.30 bits per heavy atom. The van der Waals surface area contributed by atoms with Crippen LogP contribution in [0.1, 0.15) is 12.8 Å². The Morgan fingerprint density at radius 2 is 2.00 bits per heavy atom. The number of hydrogen-bond donors (Lipinski definition) is 2. The molecule has 2 heterocycles. The van der Waals surface area contributed by atoms with E-state index in [1.54, 1.807) is 6.07 Å². The van der Waals surface area contributed by atoms with Crippen molar-refractivity contribution in [3.63, 3.8) is 0 Å². The predicted molar refractivity (Wildman–Crippen MR) is 82.7 cm³/mol. The number of ether oxygens (including phenoxy) is 2. The number of para-hydroxylation sites is 2. The predicted octanol–water partition coefficient (Wildman–Crippen LogP) is 0.634. The first-order valence-electron chi connectivity index (χ1n) is 7.62. The molecule has 0 aromatic heterocycles. The number of carboxylic acid groups (broad SMARTS) is 1. The molecule has 0 aliphatic carbocycles. The Kier molecular flexibility index (Phi) is 4.12. The van der Waals surface area contributed by atoms with Crippen molar-refractivity contribution in [3.05, 3.63) is 24.3 Å². The van der Waals surface area contributed by atoms with Crippen LogP contribution in [0.15, 0.2) is 24.3 Å². The van der Waals surface area contributed by atoms with Crippen LogP contribution in [0.4, 0.5) is 5.69 Å². The third-order valence-electron chi connectivity index (χ3n) is 4.40. The first kappa shape index (κ1) is 15.6. The topological polar surface area (TPSA) is 88.1 Å². The molecule has 7 nitrogen and oxygen atoms in total. The summed E-state index contributed by atoms with van der Waals surface area (Å²) in [4.78, 5) is 26.1. The van der Waals surface area contributed by atoms with Crippen LogP contribution in [0.5, 0.6) is 5.75 Å². The second-order valence-electron chi connectivity index (χ2n) is 5.94. The van der Waals surface area contributed by atoms with Crippen LogP contribution >= 0.6 is 0 Å². The van der Waals surface area contributed by atoms with Crippen molar-refractivity contribution < 1.29 is 24.2 Å². The van der Waals surface area contributed by atoms with E-state index in [1.807, 2.05) is 30.1 Å². The maximum absolute atomic E-state index is 12.6. The number of carboxylic acids is 1. The maximum Gasteiger partial charge on any atom is 0.329 e. The summed E-state index contributed by atoms with van der Waals surface area (Å²) < 4.78 is 11.0. The first-order chi connectivity index (χ1) is 11.0. The molecule has 3 rings (SSSR count). The molecule has 7 heteroatoms.